The highest BCUT2D eigenvalue weighted by molar-refractivity contribution is 9.10. The van der Waals surface area contributed by atoms with Crippen LogP contribution >= 0.6 is 15.9 Å². The summed E-state index contributed by atoms with van der Waals surface area (Å²) in [5.74, 6) is 0. The fraction of sp³-hybridized carbons (Fsp3) is 0.143. The van der Waals surface area contributed by atoms with Crippen molar-refractivity contribution in [3.8, 4) is 0 Å². The van der Waals surface area contributed by atoms with Crippen LogP contribution in [0.1, 0.15) is 17.2 Å². The van der Waals surface area contributed by atoms with E-state index in [2.05, 4.69) is 40.2 Å². The number of halogens is 1. The number of rotatable bonds is 3. The molecule has 16 heavy (non-hydrogen) atoms. The van der Waals surface area contributed by atoms with Crippen LogP contribution in [-0.2, 0) is 6.42 Å². The van der Waals surface area contributed by atoms with Crippen molar-refractivity contribution in [1.29, 1.82) is 0 Å². The Morgan fingerprint density at radius 3 is 2.19 bits per heavy atom. The second-order valence-corrected chi connectivity index (χ2v) is 4.76. The molecule has 0 radical (unpaired) electrons. The van der Waals surface area contributed by atoms with Gasteiger partial charge in [-0.25, -0.2) is 0 Å². The van der Waals surface area contributed by atoms with Crippen LogP contribution in [0.4, 0.5) is 0 Å². The lowest BCUT2D eigenvalue weighted by Crippen LogP contribution is -2.13. The van der Waals surface area contributed by atoms with Gasteiger partial charge in [0, 0.05) is 10.5 Å². The van der Waals surface area contributed by atoms with Crippen molar-refractivity contribution in [2.45, 2.75) is 12.5 Å². The zero-order valence-corrected chi connectivity index (χ0v) is 10.5. The molecule has 0 aliphatic rings. The molecule has 0 heterocycles. The second kappa shape index (κ2) is 5.28. The molecule has 0 aromatic heterocycles. The first kappa shape index (κ1) is 11.4. The van der Waals surface area contributed by atoms with Crippen LogP contribution in [0.15, 0.2) is 59.1 Å². The molecule has 1 nitrogen and oxygen atoms in total. The molecule has 2 aromatic carbocycles. The first-order valence-electron chi connectivity index (χ1n) is 5.30. The second-order valence-electron chi connectivity index (χ2n) is 3.85. The van der Waals surface area contributed by atoms with E-state index in [0.717, 1.165) is 10.9 Å². The van der Waals surface area contributed by atoms with E-state index in [1.807, 2.05) is 30.3 Å². The Kier molecular flexibility index (Phi) is 3.75. The molecule has 2 rings (SSSR count). The minimum absolute atomic E-state index is 0.0653. The summed E-state index contributed by atoms with van der Waals surface area (Å²) >= 11 is 3.42. The average Bonchev–Trinajstić information content (AvgIpc) is 2.31. The van der Waals surface area contributed by atoms with Crippen LogP contribution in [0, 0.1) is 0 Å². The van der Waals surface area contributed by atoms with Gasteiger partial charge in [0.15, 0.2) is 0 Å². The fourth-order valence-electron chi connectivity index (χ4n) is 1.70. The van der Waals surface area contributed by atoms with Gasteiger partial charge in [0.1, 0.15) is 0 Å². The molecule has 0 fully saturated rings. The highest BCUT2D eigenvalue weighted by atomic mass is 79.9. The average molecular weight is 276 g/mol. The van der Waals surface area contributed by atoms with Gasteiger partial charge < -0.3 is 5.73 Å². The predicted octanol–water partition coefficient (Wildman–Crippen LogP) is 3.69. The molecule has 2 aromatic rings. The molecular weight excluding hydrogens is 262 g/mol. The van der Waals surface area contributed by atoms with Crippen LogP contribution in [0.25, 0.3) is 0 Å². The van der Waals surface area contributed by atoms with Crippen molar-refractivity contribution in [3.63, 3.8) is 0 Å². The molecule has 0 amide bonds. The Bertz CT molecular complexity index is 436. The predicted molar refractivity (Wildman–Crippen MR) is 71.2 cm³/mol. The molecule has 0 spiro atoms. The van der Waals surface area contributed by atoms with E-state index in [1.165, 1.54) is 11.1 Å². The van der Waals surface area contributed by atoms with Crippen LogP contribution in [-0.4, -0.2) is 0 Å². The highest BCUT2D eigenvalue weighted by Crippen LogP contribution is 2.18. The van der Waals surface area contributed by atoms with E-state index in [4.69, 9.17) is 5.73 Å². The van der Waals surface area contributed by atoms with E-state index < -0.39 is 0 Å². The maximum atomic E-state index is 6.16. The lowest BCUT2D eigenvalue weighted by molar-refractivity contribution is 0.722. The van der Waals surface area contributed by atoms with Crippen molar-refractivity contribution in [3.05, 3.63) is 70.2 Å². The molecule has 0 aliphatic carbocycles. The third-order valence-electron chi connectivity index (χ3n) is 2.60. The van der Waals surface area contributed by atoms with Crippen LogP contribution < -0.4 is 5.73 Å². The number of benzene rings is 2. The largest absolute Gasteiger partial charge is 0.324 e. The van der Waals surface area contributed by atoms with Crippen LogP contribution in [0.3, 0.4) is 0 Å². The van der Waals surface area contributed by atoms with Crippen molar-refractivity contribution < 1.29 is 0 Å². The Hall–Kier alpha value is -1.12. The number of hydrogen-bond acceptors (Lipinski definition) is 1. The van der Waals surface area contributed by atoms with E-state index in [1.54, 1.807) is 0 Å². The van der Waals surface area contributed by atoms with E-state index in [0.29, 0.717) is 0 Å². The third-order valence-corrected chi connectivity index (χ3v) is 3.13. The van der Waals surface area contributed by atoms with Crippen molar-refractivity contribution in [2.75, 3.05) is 0 Å². The van der Waals surface area contributed by atoms with Gasteiger partial charge >= 0.3 is 0 Å². The third kappa shape index (κ3) is 2.94. The minimum Gasteiger partial charge on any atom is -0.324 e. The maximum Gasteiger partial charge on any atom is 0.0335 e. The molecule has 1 atom stereocenters. The molecule has 0 saturated heterocycles. The Labute approximate surface area is 104 Å². The van der Waals surface area contributed by atoms with Crippen LogP contribution in [0.2, 0.25) is 0 Å². The summed E-state index contributed by atoms with van der Waals surface area (Å²) in [4.78, 5) is 0. The molecule has 82 valence electrons. The molecule has 1 unspecified atom stereocenters. The zero-order valence-electron chi connectivity index (χ0n) is 8.94. The summed E-state index contributed by atoms with van der Waals surface area (Å²) < 4.78 is 1.09. The summed E-state index contributed by atoms with van der Waals surface area (Å²) in [6.45, 7) is 0. The molecule has 2 heteroatoms. The molecule has 0 aliphatic heterocycles. The molecule has 0 bridgehead atoms. The standard InChI is InChI=1S/C14H14BrN/c15-13-8-6-12(7-9-13)14(16)10-11-4-2-1-3-5-11/h1-9,14H,10,16H2. The first-order chi connectivity index (χ1) is 7.75. The van der Waals surface area contributed by atoms with Gasteiger partial charge in [0.2, 0.25) is 0 Å². The SMILES string of the molecule is NC(Cc1ccccc1)c1ccc(Br)cc1. The van der Waals surface area contributed by atoms with E-state index in [9.17, 15) is 0 Å². The van der Waals surface area contributed by atoms with Gasteiger partial charge in [-0.1, -0.05) is 58.4 Å². The zero-order chi connectivity index (χ0) is 11.4. The molecular formula is C14H14BrN. The summed E-state index contributed by atoms with van der Waals surface area (Å²) in [6, 6.07) is 18.6. The lowest BCUT2D eigenvalue weighted by atomic mass is 10.00. The smallest absolute Gasteiger partial charge is 0.0335 e. The monoisotopic (exact) mass is 275 g/mol. The van der Waals surface area contributed by atoms with E-state index >= 15 is 0 Å². The Morgan fingerprint density at radius 1 is 0.938 bits per heavy atom. The molecule has 2 N–H and O–H groups in total. The quantitative estimate of drug-likeness (QED) is 0.909. The Balaban J connectivity index is 2.09. The fourth-order valence-corrected chi connectivity index (χ4v) is 1.96. The van der Waals surface area contributed by atoms with Gasteiger partial charge in [0.05, 0.1) is 0 Å². The topological polar surface area (TPSA) is 26.0 Å². The normalized spacial score (nSPS) is 12.4. The van der Waals surface area contributed by atoms with Crippen molar-refractivity contribution in [1.82, 2.24) is 0 Å². The Morgan fingerprint density at radius 2 is 1.56 bits per heavy atom. The van der Waals surface area contributed by atoms with E-state index in [-0.39, 0.29) is 6.04 Å². The highest BCUT2D eigenvalue weighted by Gasteiger charge is 2.06. The van der Waals surface area contributed by atoms with Crippen LogP contribution in [0.5, 0.6) is 0 Å². The lowest BCUT2D eigenvalue weighted by Gasteiger charge is -2.12. The summed E-state index contributed by atoms with van der Waals surface area (Å²) in [6.07, 6.45) is 0.877. The van der Waals surface area contributed by atoms with Gasteiger partial charge in [-0.2, -0.15) is 0 Å². The summed E-state index contributed by atoms with van der Waals surface area (Å²) in [5.41, 5.74) is 8.61. The molecule has 0 saturated carbocycles. The maximum absolute atomic E-state index is 6.16. The van der Waals surface area contributed by atoms with Gasteiger partial charge in [-0.3, -0.25) is 0 Å². The number of hydrogen-bond donors (Lipinski definition) is 1. The minimum atomic E-state index is 0.0653. The number of nitrogens with two attached hydrogens (primary N) is 1. The van der Waals surface area contributed by atoms with Gasteiger partial charge in [-0.15, -0.1) is 0 Å². The van der Waals surface area contributed by atoms with Gasteiger partial charge in [-0.05, 0) is 29.7 Å². The first-order valence-corrected chi connectivity index (χ1v) is 6.10. The van der Waals surface area contributed by atoms with Crippen molar-refractivity contribution >= 4 is 15.9 Å². The van der Waals surface area contributed by atoms with Crippen molar-refractivity contribution in [2.24, 2.45) is 5.73 Å². The summed E-state index contributed by atoms with van der Waals surface area (Å²) in [5, 5.41) is 0. The van der Waals surface area contributed by atoms with Gasteiger partial charge in [0.25, 0.3) is 0 Å². The summed E-state index contributed by atoms with van der Waals surface area (Å²) in [7, 11) is 0.